The molecule has 1 aromatic carbocycles. The summed E-state index contributed by atoms with van der Waals surface area (Å²) in [5, 5.41) is 3.22. The van der Waals surface area contributed by atoms with Crippen LogP contribution >= 0.6 is 8.38 Å². The van der Waals surface area contributed by atoms with E-state index in [1.807, 2.05) is 36.4 Å². The Labute approximate surface area is 112 Å². The standard InChI is InChI=1S/C13H14N3O2P/c14-16-13-7-5-12(6-8-13)15-11-3-1-10(2-4-11)9-19(17)18/h1-7,15,17-18H,8-9H2. The first-order valence-electron chi connectivity index (χ1n) is 5.78. The van der Waals surface area contributed by atoms with Gasteiger partial charge in [-0.15, -0.1) is 0 Å². The fraction of sp³-hybridized carbons (Fsp3) is 0.154. The van der Waals surface area contributed by atoms with E-state index in [9.17, 15) is 0 Å². The van der Waals surface area contributed by atoms with Gasteiger partial charge >= 0.3 is 0 Å². The van der Waals surface area contributed by atoms with E-state index in [4.69, 9.17) is 15.3 Å². The van der Waals surface area contributed by atoms with Gasteiger partial charge in [-0.05, 0) is 29.8 Å². The second-order valence-electron chi connectivity index (χ2n) is 4.14. The Morgan fingerprint density at radius 1 is 1.21 bits per heavy atom. The fourth-order valence-electron chi connectivity index (χ4n) is 1.73. The van der Waals surface area contributed by atoms with Gasteiger partial charge < -0.3 is 20.6 Å². The minimum absolute atomic E-state index is 0.286. The molecule has 1 aliphatic carbocycles. The van der Waals surface area contributed by atoms with E-state index in [1.165, 1.54) is 0 Å². The van der Waals surface area contributed by atoms with Crippen LogP contribution < -0.4 is 5.32 Å². The average Bonchev–Trinajstić information content (AvgIpc) is 2.41. The molecule has 0 aromatic heterocycles. The lowest BCUT2D eigenvalue weighted by Crippen LogP contribution is -2.04. The van der Waals surface area contributed by atoms with Crippen molar-refractivity contribution in [2.75, 3.05) is 5.32 Å². The predicted octanol–water partition coefficient (Wildman–Crippen LogP) is 2.41. The van der Waals surface area contributed by atoms with Gasteiger partial charge in [0.25, 0.3) is 5.71 Å². The number of hydrogen-bond donors (Lipinski definition) is 3. The summed E-state index contributed by atoms with van der Waals surface area (Å²) in [4.78, 5) is 21.0. The summed E-state index contributed by atoms with van der Waals surface area (Å²) in [5.74, 6) is 0. The zero-order valence-corrected chi connectivity index (χ0v) is 11.1. The molecule has 0 saturated carbocycles. The first kappa shape index (κ1) is 13.7. The molecule has 98 valence electrons. The summed E-state index contributed by atoms with van der Waals surface area (Å²) in [6, 6.07) is 7.49. The molecule has 0 saturated heterocycles. The van der Waals surface area contributed by atoms with Crippen LogP contribution in [0.3, 0.4) is 0 Å². The molecule has 1 aliphatic rings. The van der Waals surface area contributed by atoms with Crippen molar-refractivity contribution in [3.63, 3.8) is 0 Å². The van der Waals surface area contributed by atoms with Gasteiger partial charge in [-0.3, -0.25) is 0 Å². The molecule has 2 rings (SSSR count). The number of hydrogen-bond acceptors (Lipinski definition) is 3. The van der Waals surface area contributed by atoms with Crippen LogP contribution in [0.25, 0.3) is 5.53 Å². The van der Waals surface area contributed by atoms with Crippen LogP contribution in [0, 0.1) is 0 Å². The highest BCUT2D eigenvalue weighted by atomic mass is 31.2. The maximum atomic E-state index is 8.94. The minimum atomic E-state index is -1.89. The van der Waals surface area contributed by atoms with Crippen molar-refractivity contribution in [2.45, 2.75) is 12.6 Å². The molecule has 0 unspecified atom stereocenters. The highest BCUT2D eigenvalue weighted by molar-refractivity contribution is 7.44. The topological polar surface area (TPSA) is 88.9 Å². The molecule has 3 N–H and O–H groups in total. The molecular formula is C13H14N3O2P. The van der Waals surface area contributed by atoms with Crippen LogP contribution in [0.1, 0.15) is 12.0 Å². The van der Waals surface area contributed by atoms with E-state index in [1.54, 1.807) is 6.08 Å². The van der Waals surface area contributed by atoms with Crippen molar-refractivity contribution in [2.24, 2.45) is 0 Å². The van der Waals surface area contributed by atoms with Crippen molar-refractivity contribution >= 4 is 19.8 Å². The first-order chi connectivity index (χ1) is 9.17. The smallest absolute Gasteiger partial charge is 0.295 e. The van der Waals surface area contributed by atoms with E-state index >= 15 is 0 Å². The third-order valence-corrected chi connectivity index (χ3v) is 3.33. The normalized spacial score (nSPS) is 14.3. The van der Waals surface area contributed by atoms with Crippen LogP contribution in [0.5, 0.6) is 0 Å². The molecule has 0 bridgehead atoms. The van der Waals surface area contributed by atoms with E-state index in [0.717, 1.165) is 16.9 Å². The zero-order chi connectivity index (χ0) is 13.7. The summed E-state index contributed by atoms with van der Waals surface area (Å²) < 4.78 is 0. The Kier molecular flexibility index (Phi) is 4.61. The fourth-order valence-corrected chi connectivity index (χ4v) is 2.26. The molecule has 0 radical (unpaired) electrons. The van der Waals surface area contributed by atoms with Gasteiger partial charge in [0.15, 0.2) is 8.38 Å². The van der Waals surface area contributed by atoms with Crippen molar-refractivity contribution in [3.8, 4) is 0 Å². The second-order valence-corrected chi connectivity index (χ2v) is 5.20. The van der Waals surface area contributed by atoms with Crippen molar-refractivity contribution in [1.29, 1.82) is 0 Å². The molecule has 0 aliphatic heterocycles. The first-order valence-corrected chi connectivity index (χ1v) is 7.21. The van der Waals surface area contributed by atoms with Gasteiger partial charge in [0, 0.05) is 23.6 Å². The Balaban J connectivity index is 1.99. The highest BCUT2D eigenvalue weighted by Gasteiger charge is 2.08. The third-order valence-electron chi connectivity index (χ3n) is 2.68. The van der Waals surface area contributed by atoms with E-state index in [0.29, 0.717) is 12.1 Å². The molecule has 1 aromatic rings. The van der Waals surface area contributed by atoms with Crippen LogP contribution in [0.4, 0.5) is 5.69 Å². The Hall–Kier alpha value is -1.77. The zero-order valence-electron chi connectivity index (χ0n) is 10.2. The molecule has 0 atom stereocenters. The summed E-state index contributed by atoms with van der Waals surface area (Å²) in [5.41, 5.74) is 12.0. The summed E-state index contributed by atoms with van der Waals surface area (Å²) in [7, 11) is -1.89. The van der Waals surface area contributed by atoms with Gasteiger partial charge in [-0.2, -0.15) is 4.79 Å². The SMILES string of the molecule is [N-]=[N+]=C1C=CC(Nc2ccc(CP(O)O)cc2)=CC1. The maximum absolute atomic E-state index is 8.94. The van der Waals surface area contributed by atoms with Crippen molar-refractivity contribution in [1.82, 2.24) is 0 Å². The quantitative estimate of drug-likeness (QED) is 0.448. The molecule has 6 heteroatoms. The molecule has 0 spiro atoms. The van der Waals surface area contributed by atoms with Gasteiger partial charge in [0.1, 0.15) is 0 Å². The minimum Gasteiger partial charge on any atom is -0.361 e. The summed E-state index contributed by atoms with van der Waals surface area (Å²) in [6.07, 6.45) is 6.40. The summed E-state index contributed by atoms with van der Waals surface area (Å²) >= 11 is 0. The molecule has 0 heterocycles. The Morgan fingerprint density at radius 2 is 1.95 bits per heavy atom. The number of nitrogens with one attached hydrogen (secondary N) is 1. The summed E-state index contributed by atoms with van der Waals surface area (Å²) in [6.45, 7) is 0. The Bertz CT molecular complexity index is 558. The lowest BCUT2D eigenvalue weighted by atomic mass is 10.1. The van der Waals surface area contributed by atoms with Gasteiger partial charge in [-0.25, -0.2) is 0 Å². The van der Waals surface area contributed by atoms with E-state index in [-0.39, 0.29) is 6.16 Å². The largest absolute Gasteiger partial charge is 0.361 e. The van der Waals surface area contributed by atoms with Gasteiger partial charge in [0.05, 0.1) is 6.42 Å². The molecule has 19 heavy (non-hydrogen) atoms. The third kappa shape index (κ3) is 4.12. The second kappa shape index (κ2) is 6.41. The number of anilines is 1. The average molecular weight is 275 g/mol. The van der Waals surface area contributed by atoms with Gasteiger partial charge in [0.2, 0.25) is 0 Å². The number of benzene rings is 1. The lowest BCUT2D eigenvalue weighted by molar-refractivity contribution is -0.00540. The molecular weight excluding hydrogens is 261 g/mol. The number of rotatable bonds is 4. The molecule has 0 amide bonds. The monoisotopic (exact) mass is 275 g/mol. The van der Waals surface area contributed by atoms with Crippen LogP contribution in [-0.2, 0) is 6.16 Å². The number of nitrogens with zero attached hydrogens (tertiary/aromatic N) is 2. The predicted molar refractivity (Wildman–Crippen MR) is 75.6 cm³/mol. The van der Waals surface area contributed by atoms with Gasteiger partial charge in [-0.1, -0.05) is 12.1 Å². The van der Waals surface area contributed by atoms with Crippen molar-refractivity contribution < 1.29 is 14.6 Å². The lowest BCUT2D eigenvalue weighted by Gasteiger charge is -2.10. The van der Waals surface area contributed by atoms with E-state index < -0.39 is 8.38 Å². The molecule has 0 fully saturated rings. The van der Waals surface area contributed by atoms with Crippen LogP contribution in [-0.4, -0.2) is 20.3 Å². The van der Waals surface area contributed by atoms with Crippen molar-refractivity contribution in [3.05, 3.63) is 59.3 Å². The Morgan fingerprint density at radius 3 is 2.47 bits per heavy atom. The van der Waals surface area contributed by atoms with Crippen LogP contribution in [0.15, 0.2) is 48.2 Å². The maximum Gasteiger partial charge on any atom is 0.295 e. The van der Waals surface area contributed by atoms with Crippen LogP contribution in [0.2, 0.25) is 0 Å². The highest BCUT2D eigenvalue weighted by Crippen LogP contribution is 2.29. The number of allylic oxidation sites excluding steroid dienone is 3. The molecule has 5 nitrogen and oxygen atoms in total. The van der Waals surface area contributed by atoms with E-state index in [2.05, 4.69) is 10.1 Å².